The maximum atomic E-state index is 10.5. The minimum absolute atomic E-state index is 0.448. The Kier molecular flexibility index (Phi) is 3.49. The van der Waals surface area contributed by atoms with E-state index in [0.29, 0.717) is 6.54 Å². The second-order valence-corrected chi connectivity index (χ2v) is 5.40. The number of hydrogen-bond donors (Lipinski definition) is 1. The summed E-state index contributed by atoms with van der Waals surface area (Å²) in [6.45, 7) is 4.92. The van der Waals surface area contributed by atoms with Gasteiger partial charge < -0.3 is 10.0 Å². The van der Waals surface area contributed by atoms with Crippen LogP contribution in [0.4, 0.5) is 0 Å². The highest BCUT2D eigenvalue weighted by atomic mass is 16.3. The molecule has 1 N–H and O–H groups in total. The Labute approximate surface area is 113 Å². The molecule has 3 nitrogen and oxygen atoms in total. The summed E-state index contributed by atoms with van der Waals surface area (Å²) in [5.74, 6) is 0. The van der Waals surface area contributed by atoms with Crippen LogP contribution in [-0.4, -0.2) is 34.6 Å². The average molecular weight is 256 g/mol. The van der Waals surface area contributed by atoms with Crippen LogP contribution in [-0.2, 0) is 0 Å². The molecule has 1 aliphatic rings. The first-order valence-electron chi connectivity index (χ1n) is 7.01. The number of para-hydroxylation sites is 1. The van der Waals surface area contributed by atoms with Gasteiger partial charge in [-0.3, -0.25) is 4.98 Å². The van der Waals surface area contributed by atoms with Crippen LogP contribution in [0.25, 0.3) is 10.9 Å². The third-order valence-corrected chi connectivity index (χ3v) is 3.88. The SMILES string of the molecule is Cc1ccc2cccc(C(O)CN3CCCC3)c2n1. The number of pyridine rings is 1. The van der Waals surface area contributed by atoms with Crippen LogP contribution < -0.4 is 0 Å². The Morgan fingerprint density at radius 2 is 2.00 bits per heavy atom. The highest BCUT2D eigenvalue weighted by Gasteiger charge is 2.18. The van der Waals surface area contributed by atoms with E-state index in [1.54, 1.807) is 0 Å². The molecule has 2 aromatic rings. The molecule has 2 heterocycles. The van der Waals surface area contributed by atoms with E-state index >= 15 is 0 Å². The lowest BCUT2D eigenvalue weighted by Gasteiger charge is -2.20. The lowest BCUT2D eigenvalue weighted by Crippen LogP contribution is -2.25. The third-order valence-electron chi connectivity index (χ3n) is 3.88. The highest BCUT2D eigenvalue weighted by Crippen LogP contribution is 2.24. The van der Waals surface area contributed by atoms with Crippen LogP contribution in [0.5, 0.6) is 0 Å². The average Bonchev–Trinajstić information content (AvgIpc) is 2.90. The molecule has 0 spiro atoms. The van der Waals surface area contributed by atoms with E-state index in [1.807, 2.05) is 31.2 Å². The molecular formula is C16H20N2O. The maximum Gasteiger partial charge on any atom is 0.0937 e. The van der Waals surface area contributed by atoms with E-state index in [4.69, 9.17) is 0 Å². The molecule has 3 heteroatoms. The normalized spacial score (nSPS) is 18.0. The molecule has 0 aliphatic carbocycles. The lowest BCUT2D eigenvalue weighted by molar-refractivity contribution is 0.127. The summed E-state index contributed by atoms with van der Waals surface area (Å²) in [5, 5.41) is 11.6. The van der Waals surface area contributed by atoms with E-state index in [-0.39, 0.29) is 0 Å². The van der Waals surface area contributed by atoms with Crippen LogP contribution in [0.1, 0.15) is 30.2 Å². The highest BCUT2D eigenvalue weighted by molar-refractivity contribution is 5.82. The van der Waals surface area contributed by atoms with Crippen molar-refractivity contribution in [3.63, 3.8) is 0 Å². The molecule has 3 rings (SSSR count). The summed E-state index contributed by atoms with van der Waals surface area (Å²) in [4.78, 5) is 6.93. The Hall–Kier alpha value is -1.45. The number of aryl methyl sites for hydroxylation is 1. The molecule has 0 saturated carbocycles. The molecule has 1 aromatic heterocycles. The quantitative estimate of drug-likeness (QED) is 0.917. The number of aliphatic hydroxyl groups excluding tert-OH is 1. The van der Waals surface area contributed by atoms with Gasteiger partial charge in [-0.1, -0.05) is 24.3 Å². The maximum absolute atomic E-state index is 10.5. The molecular weight excluding hydrogens is 236 g/mol. The predicted octanol–water partition coefficient (Wildman–Crippen LogP) is 2.67. The van der Waals surface area contributed by atoms with Crippen LogP contribution in [0.15, 0.2) is 30.3 Å². The number of fused-ring (bicyclic) bond motifs is 1. The molecule has 0 bridgehead atoms. The Morgan fingerprint density at radius 3 is 2.79 bits per heavy atom. The summed E-state index contributed by atoms with van der Waals surface area (Å²) >= 11 is 0. The standard InChI is InChI=1S/C16H20N2O/c1-12-7-8-13-5-4-6-14(16(13)17-12)15(19)11-18-9-2-3-10-18/h4-8,15,19H,2-3,9-11H2,1H3. The number of benzene rings is 1. The fourth-order valence-electron chi connectivity index (χ4n) is 2.84. The fourth-order valence-corrected chi connectivity index (χ4v) is 2.84. The summed E-state index contributed by atoms with van der Waals surface area (Å²) in [7, 11) is 0. The summed E-state index contributed by atoms with van der Waals surface area (Å²) in [6, 6.07) is 10.1. The minimum Gasteiger partial charge on any atom is -0.387 e. The summed E-state index contributed by atoms with van der Waals surface area (Å²) < 4.78 is 0. The molecule has 100 valence electrons. The Morgan fingerprint density at radius 1 is 1.21 bits per heavy atom. The van der Waals surface area contributed by atoms with Crippen molar-refractivity contribution in [2.45, 2.75) is 25.9 Å². The Bertz CT molecular complexity index is 576. The van der Waals surface area contributed by atoms with Gasteiger partial charge in [0.05, 0.1) is 11.6 Å². The zero-order valence-corrected chi connectivity index (χ0v) is 11.3. The molecule has 0 radical (unpaired) electrons. The van der Waals surface area contributed by atoms with Gasteiger partial charge in [0.2, 0.25) is 0 Å². The van der Waals surface area contributed by atoms with Gasteiger partial charge in [0.1, 0.15) is 0 Å². The predicted molar refractivity (Wildman–Crippen MR) is 77.1 cm³/mol. The first kappa shape index (κ1) is 12.6. The molecule has 1 fully saturated rings. The van der Waals surface area contributed by atoms with Crippen molar-refractivity contribution in [2.75, 3.05) is 19.6 Å². The molecule has 19 heavy (non-hydrogen) atoms. The second-order valence-electron chi connectivity index (χ2n) is 5.40. The van der Waals surface area contributed by atoms with E-state index in [2.05, 4.69) is 16.0 Å². The van der Waals surface area contributed by atoms with Crippen LogP contribution >= 0.6 is 0 Å². The minimum atomic E-state index is -0.448. The third kappa shape index (κ3) is 2.62. The van der Waals surface area contributed by atoms with Crippen molar-refractivity contribution in [1.82, 2.24) is 9.88 Å². The topological polar surface area (TPSA) is 36.4 Å². The molecule has 1 saturated heterocycles. The summed E-state index contributed by atoms with van der Waals surface area (Å²) in [6.07, 6.45) is 2.05. The van der Waals surface area contributed by atoms with Crippen molar-refractivity contribution in [1.29, 1.82) is 0 Å². The van der Waals surface area contributed by atoms with Crippen molar-refractivity contribution in [3.8, 4) is 0 Å². The second kappa shape index (κ2) is 5.27. The molecule has 1 atom stereocenters. The largest absolute Gasteiger partial charge is 0.387 e. The van der Waals surface area contributed by atoms with E-state index in [0.717, 1.165) is 35.2 Å². The van der Waals surface area contributed by atoms with Gasteiger partial charge in [-0.25, -0.2) is 0 Å². The van der Waals surface area contributed by atoms with E-state index in [1.165, 1.54) is 12.8 Å². The smallest absolute Gasteiger partial charge is 0.0937 e. The number of rotatable bonds is 3. The zero-order valence-electron chi connectivity index (χ0n) is 11.3. The Balaban J connectivity index is 1.92. The molecule has 0 amide bonds. The van der Waals surface area contributed by atoms with Crippen LogP contribution in [0.3, 0.4) is 0 Å². The first-order chi connectivity index (χ1) is 9.24. The number of nitrogens with zero attached hydrogens (tertiary/aromatic N) is 2. The van der Waals surface area contributed by atoms with Gasteiger partial charge in [0.25, 0.3) is 0 Å². The number of aliphatic hydroxyl groups is 1. The van der Waals surface area contributed by atoms with E-state index < -0.39 is 6.10 Å². The van der Waals surface area contributed by atoms with Gasteiger partial charge in [-0.05, 0) is 38.9 Å². The van der Waals surface area contributed by atoms with Crippen molar-refractivity contribution in [2.24, 2.45) is 0 Å². The van der Waals surface area contributed by atoms with Crippen LogP contribution in [0.2, 0.25) is 0 Å². The van der Waals surface area contributed by atoms with Crippen molar-refractivity contribution >= 4 is 10.9 Å². The number of hydrogen-bond acceptors (Lipinski definition) is 3. The number of aromatic nitrogens is 1. The first-order valence-corrected chi connectivity index (χ1v) is 7.01. The van der Waals surface area contributed by atoms with Gasteiger partial charge in [0.15, 0.2) is 0 Å². The summed E-state index contributed by atoms with van der Waals surface area (Å²) in [5.41, 5.74) is 2.88. The van der Waals surface area contributed by atoms with Gasteiger partial charge in [-0.15, -0.1) is 0 Å². The number of β-amino-alcohol motifs (C(OH)–C–C–N with tert-alkyl or cyclic N) is 1. The molecule has 1 aliphatic heterocycles. The fraction of sp³-hybridized carbons (Fsp3) is 0.438. The monoisotopic (exact) mass is 256 g/mol. The lowest BCUT2D eigenvalue weighted by atomic mass is 10.0. The van der Waals surface area contributed by atoms with E-state index in [9.17, 15) is 5.11 Å². The van der Waals surface area contributed by atoms with Gasteiger partial charge in [0, 0.05) is 23.2 Å². The molecule has 1 aromatic carbocycles. The zero-order chi connectivity index (χ0) is 13.2. The van der Waals surface area contributed by atoms with Crippen molar-refractivity contribution < 1.29 is 5.11 Å². The van der Waals surface area contributed by atoms with Gasteiger partial charge in [-0.2, -0.15) is 0 Å². The van der Waals surface area contributed by atoms with Crippen LogP contribution in [0, 0.1) is 6.92 Å². The van der Waals surface area contributed by atoms with Crippen molar-refractivity contribution in [3.05, 3.63) is 41.6 Å². The number of likely N-dealkylation sites (tertiary alicyclic amines) is 1. The molecule has 1 unspecified atom stereocenters. The van der Waals surface area contributed by atoms with Gasteiger partial charge >= 0.3 is 0 Å².